The normalized spacial score (nSPS) is 12.5. The van der Waals surface area contributed by atoms with Crippen LogP contribution in [0.4, 0.5) is 5.82 Å². The van der Waals surface area contributed by atoms with Gasteiger partial charge in [0.25, 0.3) is 0 Å². The van der Waals surface area contributed by atoms with E-state index in [9.17, 15) is 0 Å². The van der Waals surface area contributed by atoms with Crippen molar-refractivity contribution in [1.29, 1.82) is 0 Å². The van der Waals surface area contributed by atoms with Crippen LogP contribution in [0.1, 0.15) is 24.7 Å². The van der Waals surface area contributed by atoms with Crippen LogP contribution >= 0.6 is 11.6 Å². The molecule has 0 aliphatic carbocycles. The molecule has 1 aliphatic rings. The van der Waals surface area contributed by atoms with E-state index in [2.05, 4.69) is 22.2 Å². The Balaban J connectivity index is 1.75. The minimum Gasteiger partial charge on any atom is -0.454 e. The predicted octanol–water partition coefficient (Wildman–Crippen LogP) is 3.42. The molecular weight excluding hydrogens is 290 g/mol. The Morgan fingerprint density at radius 1 is 1.29 bits per heavy atom. The summed E-state index contributed by atoms with van der Waals surface area (Å²) in [6, 6.07) is 7.56. The molecule has 1 aromatic carbocycles. The molecular formula is C15H16ClN3O2. The van der Waals surface area contributed by atoms with Gasteiger partial charge in [-0.05, 0) is 12.5 Å². The van der Waals surface area contributed by atoms with Crippen molar-refractivity contribution in [2.24, 2.45) is 0 Å². The van der Waals surface area contributed by atoms with Crippen LogP contribution in [0.15, 0.2) is 24.3 Å². The van der Waals surface area contributed by atoms with Crippen molar-refractivity contribution in [2.45, 2.75) is 26.3 Å². The molecule has 0 saturated carbocycles. The van der Waals surface area contributed by atoms with E-state index in [4.69, 9.17) is 21.1 Å². The zero-order chi connectivity index (χ0) is 14.7. The highest BCUT2D eigenvalue weighted by atomic mass is 35.5. The van der Waals surface area contributed by atoms with Crippen molar-refractivity contribution >= 4 is 17.4 Å². The lowest BCUT2D eigenvalue weighted by molar-refractivity contribution is 0.173. The summed E-state index contributed by atoms with van der Waals surface area (Å²) >= 11 is 6.03. The summed E-state index contributed by atoms with van der Waals surface area (Å²) in [5, 5.41) is 3.71. The maximum Gasteiger partial charge on any atom is 0.231 e. The van der Waals surface area contributed by atoms with E-state index in [0.29, 0.717) is 11.7 Å². The fraction of sp³-hybridized carbons (Fsp3) is 0.333. The zero-order valence-corrected chi connectivity index (χ0v) is 12.5. The quantitative estimate of drug-likeness (QED) is 0.858. The molecule has 0 radical (unpaired) electrons. The highest BCUT2D eigenvalue weighted by molar-refractivity contribution is 6.29. The Hall–Kier alpha value is -2.01. The third-order valence-electron chi connectivity index (χ3n) is 3.15. The Bertz CT molecular complexity index is 649. The summed E-state index contributed by atoms with van der Waals surface area (Å²) in [7, 11) is 0. The molecule has 0 unspecified atom stereocenters. The molecule has 6 heteroatoms. The Morgan fingerprint density at radius 2 is 2.19 bits per heavy atom. The average Bonchev–Trinajstić information content (AvgIpc) is 2.94. The van der Waals surface area contributed by atoms with E-state index in [1.54, 1.807) is 6.07 Å². The van der Waals surface area contributed by atoms with E-state index in [-0.39, 0.29) is 6.79 Å². The summed E-state index contributed by atoms with van der Waals surface area (Å²) in [6.07, 6.45) is 1.80. The smallest absolute Gasteiger partial charge is 0.231 e. The molecule has 1 N–H and O–H groups in total. The second kappa shape index (κ2) is 6.18. The van der Waals surface area contributed by atoms with E-state index in [1.165, 1.54) is 0 Å². The molecule has 110 valence electrons. The summed E-state index contributed by atoms with van der Waals surface area (Å²) in [6.45, 7) is 2.94. The average molecular weight is 306 g/mol. The van der Waals surface area contributed by atoms with Gasteiger partial charge < -0.3 is 14.8 Å². The van der Waals surface area contributed by atoms with Crippen LogP contribution in [0.5, 0.6) is 11.5 Å². The third-order valence-corrected chi connectivity index (χ3v) is 3.35. The molecule has 2 heterocycles. The molecule has 0 amide bonds. The van der Waals surface area contributed by atoms with Crippen LogP contribution in [0.3, 0.4) is 0 Å². The third kappa shape index (κ3) is 3.19. The number of nitrogens with one attached hydrogen (secondary N) is 1. The van der Waals surface area contributed by atoms with Gasteiger partial charge >= 0.3 is 0 Å². The van der Waals surface area contributed by atoms with Crippen molar-refractivity contribution < 1.29 is 9.47 Å². The number of nitrogens with zero attached hydrogens (tertiary/aromatic N) is 2. The maximum atomic E-state index is 6.03. The van der Waals surface area contributed by atoms with Gasteiger partial charge in [0.05, 0.1) is 0 Å². The fourth-order valence-corrected chi connectivity index (χ4v) is 2.41. The van der Waals surface area contributed by atoms with Gasteiger partial charge in [-0.1, -0.05) is 30.7 Å². The number of anilines is 1. The standard InChI is InChI=1S/C15H16ClN3O2/c1-2-4-13-18-12(16)7-14(19-13)17-8-10-5-3-6-11-15(10)21-9-20-11/h3,5-7H,2,4,8-9H2,1H3,(H,17,18,19). The lowest BCUT2D eigenvalue weighted by atomic mass is 10.2. The van der Waals surface area contributed by atoms with Gasteiger partial charge in [-0.3, -0.25) is 0 Å². The van der Waals surface area contributed by atoms with Gasteiger partial charge in [0.1, 0.15) is 16.8 Å². The number of para-hydroxylation sites is 1. The minimum absolute atomic E-state index is 0.270. The highest BCUT2D eigenvalue weighted by Crippen LogP contribution is 2.35. The van der Waals surface area contributed by atoms with Gasteiger partial charge in [0.2, 0.25) is 6.79 Å². The van der Waals surface area contributed by atoms with Crippen LogP contribution in [0.2, 0.25) is 5.15 Å². The van der Waals surface area contributed by atoms with Crippen LogP contribution in [0.25, 0.3) is 0 Å². The first kappa shape index (κ1) is 13.9. The second-order valence-electron chi connectivity index (χ2n) is 4.75. The minimum atomic E-state index is 0.270. The summed E-state index contributed by atoms with van der Waals surface area (Å²) in [5.74, 6) is 3.04. The molecule has 0 spiro atoms. The molecule has 0 saturated heterocycles. The van der Waals surface area contributed by atoms with Crippen LogP contribution in [-0.4, -0.2) is 16.8 Å². The van der Waals surface area contributed by atoms with E-state index in [0.717, 1.165) is 41.5 Å². The first-order chi connectivity index (χ1) is 10.3. The van der Waals surface area contributed by atoms with E-state index < -0.39 is 0 Å². The van der Waals surface area contributed by atoms with Gasteiger partial charge in [-0.15, -0.1) is 0 Å². The Morgan fingerprint density at radius 3 is 3.05 bits per heavy atom. The van der Waals surface area contributed by atoms with Gasteiger partial charge in [-0.2, -0.15) is 0 Å². The number of rotatable bonds is 5. The molecule has 0 bridgehead atoms. The number of halogens is 1. The summed E-state index contributed by atoms with van der Waals surface area (Å²) < 4.78 is 10.8. The van der Waals surface area contributed by atoms with Crippen LogP contribution in [0, 0.1) is 0 Å². The first-order valence-electron chi connectivity index (χ1n) is 6.91. The molecule has 0 fully saturated rings. The lowest BCUT2D eigenvalue weighted by Gasteiger charge is -2.09. The van der Waals surface area contributed by atoms with Crippen molar-refractivity contribution in [1.82, 2.24) is 9.97 Å². The van der Waals surface area contributed by atoms with E-state index in [1.807, 2.05) is 18.2 Å². The molecule has 3 rings (SSSR count). The predicted molar refractivity (Wildman–Crippen MR) is 80.9 cm³/mol. The molecule has 1 aromatic heterocycles. The van der Waals surface area contributed by atoms with Crippen LogP contribution in [-0.2, 0) is 13.0 Å². The Kier molecular flexibility index (Phi) is 4.10. The van der Waals surface area contributed by atoms with Crippen molar-refractivity contribution in [3.05, 3.63) is 40.8 Å². The van der Waals surface area contributed by atoms with E-state index >= 15 is 0 Å². The SMILES string of the molecule is CCCc1nc(Cl)cc(NCc2cccc3c2OCO3)n1. The molecule has 0 atom stereocenters. The van der Waals surface area contributed by atoms with Crippen molar-refractivity contribution in [2.75, 3.05) is 12.1 Å². The maximum absolute atomic E-state index is 6.03. The number of aryl methyl sites for hydroxylation is 1. The van der Waals surface area contributed by atoms with Crippen molar-refractivity contribution in [3.63, 3.8) is 0 Å². The summed E-state index contributed by atoms with van der Waals surface area (Å²) in [5.41, 5.74) is 1.02. The Labute approximate surface area is 128 Å². The first-order valence-corrected chi connectivity index (χ1v) is 7.29. The molecule has 1 aliphatic heterocycles. The molecule has 5 nitrogen and oxygen atoms in total. The topological polar surface area (TPSA) is 56.3 Å². The van der Waals surface area contributed by atoms with Gasteiger partial charge in [0.15, 0.2) is 11.5 Å². The number of ether oxygens (including phenoxy) is 2. The van der Waals surface area contributed by atoms with Crippen molar-refractivity contribution in [3.8, 4) is 11.5 Å². The molecule has 2 aromatic rings. The molecule has 21 heavy (non-hydrogen) atoms. The van der Waals surface area contributed by atoms with Crippen LogP contribution < -0.4 is 14.8 Å². The number of aromatic nitrogens is 2. The fourth-order valence-electron chi connectivity index (χ4n) is 2.21. The summed E-state index contributed by atoms with van der Waals surface area (Å²) in [4.78, 5) is 8.66. The number of fused-ring (bicyclic) bond motifs is 1. The number of hydrogen-bond donors (Lipinski definition) is 1. The lowest BCUT2D eigenvalue weighted by Crippen LogP contribution is -2.05. The largest absolute Gasteiger partial charge is 0.454 e. The number of benzene rings is 1. The number of hydrogen-bond acceptors (Lipinski definition) is 5. The second-order valence-corrected chi connectivity index (χ2v) is 5.13. The highest BCUT2D eigenvalue weighted by Gasteiger charge is 2.16. The monoisotopic (exact) mass is 305 g/mol. The van der Waals surface area contributed by atoms with Gasteiger partial charge in [0, 0.05) is 24.6 Å². The van der Waals surface area contributed by atoms with Gasteiger partial charge in [-0.25, -0.2) is 9.97 Å². The zero-order valence-electron chi connectivity index (χ0n) is 11.7.